The van der Waals surface area contributed by atoms with Crippen molar-refractivity contribution in [2.75, 3.05) is 0 Å². The zero-order valence-electron chi connectivity index (χ0n) is 53.4. The summed E-state index contributed by atoms with van der Waals surface area (Å²) >= 11 is 0. The standard InChI is InChI=1S/C62H53N3O/c1-61(2,3)50-39-53(59(66)54(40-50)62(4,5)6)60-64-58-51(28-19-29-57(58)65(60)56-31-30-45(41-20-11-7-12-21-41)37-52(56)44-26-17-10-18-27-44)48-34-47(43-24-15-9-16-25-43)35-49(36-48)55-38-46(32-33-63-55)42-22-13-8-14-23-42/h7-40,66H,1-6H3/i1D3,2D3,3D3,4D3,5D3,6D3. The van der Waals surface area contributed by atoms with E-state index in [1.54, 1.807) is 48.7 Å². The van der Waals surface area contributed by atoms with Gasteiger partial charge in [0.15, 0.2) is 0 Å². The first-order valence-corrected chi connectivity index (χ1v) is 21.3. The highest BCUT2D eigenvalue weighted by Gasteiger charge is 2.29. The highest BCUT2D eigenvalue weighted by molar-refractivity contribution is 5.99. The summed E-state index contributed by atoms with van der Waals surface area (Å²) in [6.07, 6.45) is 1.71. The number of rotatable bonds is 8. The van der Waals surface area contributed by atoms with Crippen molar-refractivity contribution >= 4 is 11.0 Å². The number of imidazole rings is 1. The van der Waals surface area contributed by atoms with E-state index in [2.05, 4.69) is 0 Å². The Morgan fingerprint density at radius 2 is 1.02 bits per heavy atom. The smallest absolute Gasteiger partial charge is 0.149 e. The molecule has 2 heterocycles. The molecule has 0 aliphatic rings. The van der Waals surface area contributed by atoms with Crippen LogP contribution in [0.15, 0.2) is 206 Å². The van der Waals surface area contributed by atoms with Crippen molar-refractivity contribution < 1.29 is 29.8 Å². The van der Waals surface area contributed by atoms with Crippen LogP contribution >= 0.6 is 0 Å². The molecule has 2 aromatic heterocycles. The third kappa shape index (κ3) is 8.12. The van der Waals surface area contributed by atoms with Crippen LogP contribution in [-0.2, 0) is 10.8 Å². The molecule has 0 radical (unpaired) electrons. The zero-order chi connectivity index (χ0) is 60.6. The van der Waals surface area contributed by atoms with Gasteiger partial charge in [-0.3, -0.25) is 9.55 Å². The SMILES string of the molecule is [2H]C([2H])([2H])C(c1cc(-c2nc3c(-c4cc(-c5ccccc5)cc(-c5cc(-c6ccccc6)ccn5)c4)cccc3n2-c2ccc(-c3ccccc3)cc2-c2ccccc2)c(O)c(C(C([2H])([2H])[2H])(C([2H])([2H])[2H])C([2H])([2H])[2H])c1)(C([2H])([2H])[2H])C([2H])([2H])[2H]. The van der Waals surface area contributed by atoms with Crippen LogP contribution in [0.25, 0.3) is 95.0 Å². The van der Waals surface area contributed by atoms with Gasteiger partial charge in [0.1, 0.15) is 11.6 Å². The molecule has 0 bridgehead atoms. The molecule has 66 heavy (non-hydrogen) atoms. The van der Waals surface area contributed by atoms with E-state index < -0.39 is 80.2 Å². The zero-order valence-corrected chi connectivity index (χ0v) is 35.4. The first-order valence-electron chi connectivity index (χ1n) is 30.3. The first kappa shape index (κ1) is 26.2. The molecule has 0 amide bonds. The molecule has 0 aliphatic carbocycles. The van der Waals surface area contributed by atoms with E-state index in [-0.39, 0.29) is 11.0 Å². The Bertz CT molecular complexity index is 3980. The summed E-state index contributed by atoms with van der Waals surface area (Å²) in [4.78, 5) is 10.0. The van der Waals surface area contributed by atoms with Crippen molar-refractivity contribution in [1.29, 1.82) is 0 Å². The molecule has 0 unspecified atom stereocenters. The Labute approximate surface area is 413 Å². The Hall–Kier alpha value is -7.82. The van der Waals surface area contributed by atoms with E-state index in [9.17, 15) is 5.11 Å². The van der Waals surface area contributed by atoms with Crippen molar-refractivity contribution in [3.63, 3.8) is 0 Å². The molecule has 0 saturated carbocycles. The fourth-order valence-corrected chi connectivity index (χ4v) is 8.58. The number of aromatic hydroxyl groups is 1. The lowest BCUT2D eigenvalue weighted by atomic mass is 9.79. The van der Waals surface area contributed by atoms with Gasteiger partial charge in [0.05, 0.1) is 28.0 Å². The second kappa shape index (κ2) is 17.0. The topological polar surface area (TPSA) is 50.9 Å². The Balaban J connectivity index is 1.40. The lowest BCUT2D eigenvalue weighted by molar-refractivity contribution is 0.446. The minimum absolute atomic E-state index is 0.162. The van der Waals surface area contributed by atoms with Crippen LogP contribution in [0.4, 0.5) is 0 Å². The van der Waals surface area contributed by atoms with Crippen LogP contribution < -0.4 is 0 Å². The van der Waals surface area contributed by atoms with E-state index in [4.69, 9.17) is 34.6 Å². The van der Waals surface area contributed by atoms with E-state index in [0.29, 0.717) is 45.3 Å². The van der Waals surface area contributed by atoms with Crippen molar-refractivity contribution in [1.82, 2.24) is 14.5 Å². The van der Waals surface area contributed by atoms with Crippen molar-refractivity contribution in [2.45, 2.75) is 51.9 Å². The van der Waals surface area contributed by atoms with Crippen LogP contribution in [0.3, 0.4) is 0 Å². The third-order valence-electron chi connectivity index (χ3n) is 11.8. The summed E-state index contributed by atoms with van der Waals surface area (Å²) in [6, 6.07) is 59.2. The number of para-hydroxylation sites is 1. The maximum atomic E-state index is 13.1. The van der Waals surface area contributed by atoms with Gasteiger partial charge in [0, 0.05) is 53.1 Å². The maximum absolute atomic E-state index is 13.1. The molecular weight excluding hydrogens is 803 g/mol. The molecule has 0 spiro atoms. The van der Waals surface area contributed by atoms with Gasteiger partial charge >= 0.3 is 0 Å². The number of nitrogens with zero attached hydrogens (tertiary/aromatic N) is 3. The molecule has 4 heteroatoms. The van der Waals surface area contributed by atoms with Crippen LogP contribution in [0, 0.1) is 0 Å². The second-order valence-electron chi connectivity index (χ2n) is 16.3. The molecular formula is C62H53N3O. The molecule has 0 atom stereocenters. The van der Waals surface area contributed by atoms with Crippen molar-refractivity contribution in [3.05, 3.63) is 218 Å². The van der Waals surface area contributed by atoms with E-state index in [0.717, 1.165) is 39.4 Å². The second-order valence-corrected chi connectivity index (χ2v) is 16.3. The van der Waals surface area contributed by atoms with Crippen molar-refractivity contribution in [2.24, 2.45) is 0 Å². The highest BCUT2D eigenvalue weighted by atomic mass is 16.3. The number of phenolic OH excluding ortho intramolecular Hbond substituents is 1. The summed E-state index contributed by atoms with van der Waals surface area (Å²) in [5.74, 6) is -1.79. The average molecular weight is 874 g/mol. The summed E-state index contributed by atoms with van der Waals surface area (Å²) in [5, 5.41) is 13.1. The number of hydrogen-bond donors (Lipinski definition) is 1. The number of fused-ring (bicyclic) bond motifs is 1. The van der Waals surface area contributed by atoms with Crippen LogP contribution in [-0.4, -0.2) is 19.6 Å². The predicted octanol–water partition coefficient (Wildman–Crippen LogP) is 16.4. The van der Waals surface area contributed by atoms with E-state index in [1.807, 2.05) is 146 Å². The molecule has 1 N–H and O–H groups in total. The van der Waals surface area contributed by atoms with Gasteiger partial charge in [0.25, 0.3) is 0 Å². The fourth-order valence-electron chi connectivity index (χ4n) is 8.58. The number of pyridine rings is 1. The number of aromatic nitrogens is 3. The molecule has 10 aromatic rings. The normalized spacial score (nSPS) is 17.0. The number of benzene rings is 8. The lowest BCUT2D eigenvalue weighted by Crippen LogP contribution is -2.17. The fraction of sp³-hybridized carbons (Fsp3) is 0.129. The molecule has 8 aromatic carbocycles. The first-order chi connectivity index (χ1) is 39.4. The van der Waals surface area contributed by atoms with Crippen LogP contribution in [0.2, 0.25) is 0 Å². The van der Waals surface area contributed by atoms with Crippen molar-refractivity contribution in [3.8, 4) is 89.7 Å². The summed E-state index contributed by atoms with van der Waals surface area (Å²) in [7, 11) is 0. The molecule has 4 nitrogen and oxygen atoms in total. The predicted molar refractivity (Wildman–Crippen MR) is 276 cm³/mol. The van der Waals surface area contributed by atoms with E-state index >= 15 is 0 Å². The van der Waals surface area contributed by atoms with Gasteiger partial charge in [-0.25, -0.2) is 4.98 Å². The molecule has 322 valence electrons. The van der Waals surface area contributed by atoms with Gasteiger partial charge in [-0.2, -0.15) is 0 Å². The number of phenols is 1. The minimum atomic E-state index is -4.15. The van der Waals surface area contributed by atoms with Gasteiger partial charge in [-0.05, 0) is 115 Å². The van der Waals surface area contributed by atoms with Gasteiger partial charge < -0.3 is 5.11 Å². The maximum Gasteiger partial charge on any atom is 0.149 e. The Kier molecular flexibility index (Phi) is 6.73. The van der Waals surface area contributed by atoms with Gasteiger partial charge in [-0.15, -0.1) is 0 Å². The van der Waals surface area contributed by atoms with Gasteiger partial charge in [-0.1, -0.05) is 187 Å². The molecule has 10 rings (SSSR count). The summed E-state index contributed by atoms with van der Waals surface area (Å²) < 4.78 is 160. The minimum Gasteiger partial charge on any atom is -0.507 e. The largest absolute Gasteiger partial charge is 0.507 e. The Morgan fingerprint density at radius 3 is 1.65 bits per heavy atom. The summed E-state index contributed by atoms with van der Waals surface area (Å²) in [5.41, 5.74) is -2.51. The monoisotopic (exact) mass is 874 g/mol. The highest BCUT2D eigenvalue weighted by Crippen LogP contribution is 2.46. The van der Waals surface area contributed by atoms with E-state index in [1.165, 1.54) is 4.57 Å². The Morgan fingerprint density at radius 1 is 0.439 bits per heavy atom. The summed E-state index contributed by atoms with van der Waals surface area (Å²) in [6.45, 7) is -24.6. The van der Waals surface area contributed by atoms with Crippen LogP contribution in [0.5, 0.6) is 5.75 Å². The number of hydrogen-bond acceptors (Lipinski definition) is 3. The van der Waals surface area contributed by atoms with Gasteiger partial charge in [0.2, 0.25) is 0 Å². The quantitative estimate of drug-likeness (QED) is 0.165. The molecule has 0 fully saturated rings. The van der Waals surface area contributed by atoms with Crippen LogP contribution in [0.1, 0.15) is 76.9 Å². The average Bonchev–Trinajstić information content (AvgIpc) is 0.827. The lowest BCUT2D eigenvalue weighted by Gasteiger charge is -2.27. The third-order valence-corrected chi connectivity index (χ3v) is 11.8. The molecule has 0 saturated heterocycles. The molecule has 0 aliphatic heterocycles.